The minimum absolute atomic E-state index is 0.0207. The number of hydrogen-bond donors (Lipinski definition) is 0. The smallest absolute Gasteiger partial charge is 0.230 e. The lowest BCUT2D eigenvalue weighted by molar-refractivity contribution is -0.135. The zero-order valence-electron chi connectivity index (χ0n) is 19.5. The summed E-state index contributed by atoms with van der Waals surface area (Å²) in [7, 11) is 1.63. The molecule has 1 aliphatic rings. The van der Waals surface area contributed by atoms with Gasteiger partial charge in [0, 0.05) is 18.5 Å². The zero-order valence-corrected chi connectivity index (χ0v) is 19.5. The molecule has 0 bridgehead atoms. The van der Waals surface area contributed by atoms with E-state index in [0.29, 0.717) is 25.9 Å². The maximum absolute atomic E-state index is 13.7. The molecule has 176 valence electrons. The molecule has 1 aliphatic heterocycles. The minimum atomic E-state index is -0.300. The summed E-state index contributed by atoms with van der Waals surface area (Å²) in [5, 5.41) is 4.30. The Bertz CT molecular complexity index is 1130. The van der Waals surface area contributed by atoms with E-state index in [-0.39, 0.29) is 23.7 Å². The van der Waals surface area contributed by atoms with E-state index in [4.69, 9.17) is 9.57 Å². The third kappa shape index (κ3) is 5.45. The van der Waals surface area contributed by atoms with E-state index in [1.54, 1.807) is 24.1 Å². The first-order valence-corrected chi connectivity index (χ1v) is 11.5. The molecule has 0 unspecified atom stereocenters. The Hall–Kier alpha value is -3.67. The first-order chi connectivity index (χ1) is 16.6. The van der Waals surface area contributed by atoms with Crippen molar-refractivity contribution in [3.63, 3.8) is 0 Å². The van der Waals surface area contributed by atoms with Crippen LogP contribution in [0.15, 0.2) is 84.0 Å². The van der Waals surface area contributed by atoms with Crippen LogP contribution in [0.4, 0.5) is 4.39 Å². The van der Waals surface area contributed by atoms with Gasteiger partial charge in [0.2, 0.25) is 5.91 Å². The average Bonchev–Trinajstić information content (AvgIpc) is 3.34. The van der Waals surface area contributed by atoms with E-state index in [0.717, 1.165) is 28.2 Å². The number of carbonyl (C=O) groups excluding carboxylic acids is 1. The zero-order chi connectivity index (χ0) is 23.9. The molecule has 0 spiro atoms. The number of para-hydroxylation sites is 1. The number of benzene rings is 3. The third-order valence-electron chi connectivity index (χ3n) is 6.08. The molecular weight excluding hydrogens is 431 g/mol. The van der Waals surface area contributed by atoms with Crippen molar-refractivity contribution in [2.75, 3.05) is 13.7 Å². The molecule has 0 saturated heterocycles. The van der Waals surface area contributed by atoms with Crippen molar-refractivity contribution < 1.29 is 18.8 Å². The lowest BCUT2D eigenvalue weighted by Gasteiger charge is -2.29. The van der Waals surface area contributed by atoms with Crippen molar-refractivity contribution in [3.8, 4) is 5.75 Å². The van der Waals surface area contributed by atoms with Crippen molar-refractivity contribution >= 4 is 11.6 Å². The Balaban J connectivity index is 1.54. The Morgan fingerprint density at radius 2 is 1.79 bits per heavy atom. The number of halogens is 1. The van der Waals surface area contributed by atoms with Gasteiger partial charge in [-0.05, 0) is 41.8 Å². The monoisotopic (exact) mass is 460 g/mol. The number of rotatable bonds is 9. The van der Waals surface area contributed by atoms with Crippen LogP contribution in [0.2, 0.25) is 0 Å². The Morgan fingerprint density at radius 3 is 2.50 bits per heavy atom. The third-order valence-corrected chi connectivity index (χ3v) is 6.08. The van der Waals surface area contributed by atoms with E-state index in [2.05, 4.69) is 5.16 Å². The highest BCUT2D eigenvalue weighted by Gasteiger charge is 2.31. The van der Waals surface area contributed by atoms with E-state index in [9.17, 15) is 9.18 Å². The van der Waals surface area contributed by atoms with E-state index >= 15 is 0 Å². The second-order valence-electron chi connectivity index (χ2n) is 8.39. The highest BCUT2D eigenvalue weighted by molar-refractivity contribution is 6.03. The molecule has 1 heterocycles. The minimum Gasteiger partial charge on any atom is -0.496 e. The molecule has 0 N–H and O–H groups in total. The molecule has 0 aromatic heterocycles. The van der Waals surface area contributed by atoms with Crippen LogP contribution in [0.3, 0.4) is 0 Å². The van der Waals surface area contributed by atoms with Crippen LogP contribution in [0.1, 0.15) is 42.4 Å². The van der Waals surface area contributed by atoms with E-state index in [1.165, 1.54) is 12.1 Å². The fourth-order valence-electron chi connectivity index (χ4n) is 4.32. The van der Waals surface area contributed by atoms with Crippen molar-refractivity contribution in [2.24, 2.45) is 5.16 Å². The van der Waals surface area contributed by atoms with Gasteiger partial charge in [-0.1, -0.05) is 66.7 Å². The number of methoxy groups -OCH3 is 1. The van der Waals surface area contributed by atoms with Gasteiger partial charge in [0.05, 0.1) is 25.3 Å². The van der Waals surface area contributed by atoms with Crippen LogP contribution < -0.4 is 4.74 Å². The molecule has 3 aromatic rings. The molecule has 6 heteroatoms. The normalized spacial score (nSPS) is 15.9. The van der Waals surface area contributed by atoms with Crippen molar-refractivity contribution in [3.05, 3.63) is 101 Å². The lowest BCUT2D eigenvalue weighted by Crippen LogP contribution is -2.40. The molecule has 34 heavy (non-hydrogen) atoms. The van der Waals surface area contributed by atoms with Gasteiger partial charge in [0.15, 0.2) is 6.10 Å². The van der Waals surface area contributed by atoms with Gasteiger partial charge in [-0.2, -0.15) is 0 Å². The molecule has 4 rings (SSSR count). The van der Waals surface area contributed by atoms with Crippen LogP contribution in [0.25, 0.3) is 0 Å². The number of hydrogen-bond acceptors (Lipinski definition) is 4. The summed E-state index contributed by atoms with van der Waals surface area (Å²) in [5.41, 5.74) is 3.53. The SMILES string of the molecule is CC[C@@H](C(=O)N(Cc1ccc(F)cc1)C[C@@H]1CC(c2ccccc2OC)=NO1)c1ccccc1. The summed E-state index contributed by atoms with van der Waals surface area (Å²) < 4.78 is 18.9. The van der Waals surface area contributed by atoms with E-state index in [1.807, 2.05) is 61.5 Å². The first kappa shape index (κ1) is 23.5. The fourth-order valence-corrected chi connectivity index (χ4v) is 4.32. The van der Waals surface area contributed by atoms with Gasteiger partial charge < -0.3 is 14.5 Å². The van der Waals surface area contributed by atoms with Gasteiger partial charge in [-0.3, -0.25) is 4.79 Å². The summed E-state index contributed by atoms with van der Waals surface area (Å²) in [4.78, 5) is 21.3. The lowest BCUT2D eigenvalue weighted by atomic mass is 9.94. The Labute approximate surface area is 199 Å². The largest absolute Gasteiger partial charge is 0.496 e. The van der Waals surface area contributed by atoms with Gasteiger partial charge >= 0.3 is 0 Å². The maximum Gasteiger partial charge on any atom is 0.230 e. The quantitative estimate of drug-likeness (QED) is 0.421. The highest BCUT2D eigenvalue weighted by Crippen LogP contribution is 2.27. The van der Waals surface area contributed by atoms with Crippen molar-refractivity contribution in [2.45, 2.75) is 38.3 Å². The van der Waals surface area contributed by atoms with Crippen LogP contribution in [0, 0.1) is 5.82 Å². The summed E-state index contributed by atoms with van der Waals surface area (Å²) in [6.07, 6.45) is 0.963. The molecular formula is C28H29FN2O3. The predicted octanol–water partition coefficient (Wildman–Crippen LogP) is 5.55. The summed E-state index contributed by atoms with van der Waals surface area (Å²) in [5.74, 6) is 0.191. The van der Waals surface area contributed by atoms with Gasteiger partial charge in [0.1, 0.15) is 11.6 Å². The fraction of sp³-hybridized carbons (Fsp3) is 0.286. The van der Waals surface area contributed by atoms with Crippen LogP contribution in [-0.2, 0) is 16.2 Å². The Kier molecular flexibility index (Phi) is 7.58. The molecule has 0 fully saturated rings. The second kappa shape index (κ2) is 11.0. The van der Waals surface area contributed by atoms with Crippen LogP contribution in [-0.4, -0.2) is 36.3 Å². The first-order valence-electron chi connectivity index (χ1n) is 11.5. The molecule has 5 nitrogen and oxygen atoms in total. The molecule has 0 radical (unpaired) electrons. The van der Waals surface area contributed by atoms with Crippen molar-refractivity contribution in [1.29, 1.82) is 0 Å². The summed E-state index contributed by atoms with van der Waals surface area (Å²) in [6.45, 7) is 2.76. The molecule has 0 aliphatic carbocycles. The van der Waals surface area contributed by atoms with Gasteiger partial charge in [0.25, 0.3) is 0 Å². The molecule has 2 atom stereocenters. The van der Waals surface area contributed by atoms with Gasteiger partial charge in [-0.15, -0.1) is 0 Å². The van der Waals surface area contributed by atoms with Crippen molar-refractivity contribution in [1.82, 2.24) is 4.90 Å². The average molecular weight is 461 g/mol. The Morgan fingerprint density at radius 1 is 1.09 bits per heavy atom. The van der Waals surface area contributed by atoms with Crippen LogP contribution >= 0.6 is 0 Å². The predicted molar refractivity (Wildman–Crippen MR) is 130 cm³/mol. The number of amides is 1. The van der Waals surface area contributed by atoms with E-state index < -0.39 is 0 Å². The second-order valence-corrected chi connectivity index (χ2v) is 8.39. The number of oxime groups is 1. The molecule has 0 saturated carbocycles. The molecule has 3 aromatic carbocycles. The molecule has 1 amide bonds. The number of ether oxygens (including phenoxy) is 1. The maximum atomic E-state index is 13.7. The van der Waals surface area contributed by atoms with Crippen LogP contribution in [0.5, 0.6) is 5.75 Å². The highest BCUT2D eigenvalue weighted by atomic mass is 19.1. The number of nitrogens with zero attached hydrogens (tertiary/aromatic N) is 2. The topological polar surface area (TPSA) is 51.1 Å². The number of carbonyl (C=O) groups is 1. The summed E-state index contributed by atoms with van der Waals surface area (Å²) >= 11 is 0. The standard InChI is InChI=1S/C28H29FN2O3/c1-3-24(21-9-5-4-6-10-21)28(32)31(18-20-13-15-22(29)16-14-20)19-23-17-26(30-34-23)25-11-7-8-12-27(25)33-2/h4-16,23-24H,3,17-19H2,1-2H3/t23-,24+/m0/s1. The van der Waals surface area contributed by atoms with Gasteiger partial charge in [-0.25, -0.2) is 4.39 Å². The summed E-state index contributed by atoms with van der Waals surface area (Å²) in [6, 6.07) is 23.8.